The second-order valence-corrected chi connectivity index (χ2v) is 7.64. The highest BCUT2D eigenvalue weighted by molar-refractivity contribution is 9.10. The molecule has 19 heavy (non-hydrogen) atoms. The molecule has 2 rings (SSSR count). The Morgan fingerprint density at radius 1 is 1.26 bits per heavy atom. The monoisotopic (exact) mass is 349 g/mol. The molecule has 1 saturated carbocycles. The zero-order valence-corrected chi connectivity index (χ0v) is 12.9. The van der Waals surface area contributed by atoms with E-state index in [-0.39, 0.29) is 17.4 Å². The zero-order chi connectivity index (χ0) is 13.9. The summed E-state index contributed by atoms with van der Waals surface area (Å²) in [4.78, 5) is 0. The Bertz CT molecular complexity index is 542. The average Bonchev–Trinajstić information content (AvgIpc) is 2.34. The van der Waals surface area contributed by atoms with Crippen molar-refractivity contribution in [3.63, 3.8) is 0 Å². The van der Waals surface area contributed by atoms with Gasteiger partial charge in [-0.3, -0.25) is 4.72 Å². The molecule has 0 atom stereocenters. The topological polar surface area (TPSA) is 46.2 Å². The maximum absolute atomic E-state index is 13.3. The van der Waals surface area contributed by atoms with E-state index in [4.69, 9.17) is 0 Å². The summed E-state index contributed by atoms with van der Waals surface area (Å²) in [6, 6.07) is 4.22. The predicted octanol–water partition coefficient (Wildman–Crippen LogP) is 3.91. The molecule has 1 aliphatic carbocycles. The number of halogens is 2. The molecular formula is C13H17BrFNO2S. The van der Waals surface area contributed by atoms with Crippen molar-refractivity contribution in [3.8, 4) is 0 Å². The molecule has 0 amide bonds. The first kappa shape index (κ1) is 14.8. The summed E-state index contributed by atoms with van der Waals surface area (Å²) in [7, 11) is -3.40. The minimum Gasteiger partial charge on any atom is -0.283 e. The van der Waals surface area contributed by atoms with Crippen LogP contribution in [0.25, 0.3) is 0 Å². The quantitative estimate of drug-likeness (QED) is 0.895. The van der Waals surface area contributed by atoms with Crippen molar-refractivity contribution >= 4 is 31.6 Å². The summed E-state index contributed by atoms with van der Waals surface area (Å²) in [6.45, 7) is 0. The molecule has 106 valence electrons. The molecule has 1 N–H and O–H groups in total. The van der Waals surface area contributed by atoms with Crippen molar-refractivity contribution < 1.29 is 12.8 Å². The molecule has 1 fully saturated rings. The van der Waals surface area contributed by atoms with Crippen LogP contribution in [0.1, 0.15) is 32.1 Å². The van der Waals surface area contributed by atoms with Crippen molar-refractivity contribution in [1.82, 2.24) is 0 Å². The van der Waals surface area contributed by atoms with Gasteiger partial charge in [0.2, 0.25) is 10.0 Å². The Kier molecular flexibility index (Phi) is 4.84. The largest absolute Gasteiger partial charge is 0.283 e. The molecule has 3 nitrogen and oxygen atoms in total. The van der Waals surface area contributed by atoms with E-state index in [0.29, 0.717) is 4.47 Å². The highest BCUT2D eigenvalue weighted by atomic mass is 79.9. The number of nitrogens with one attached hydrogen (secondary N) is 1. The molecule has 0 bridgehead atoms. The molecular weight excluding hydrogens is 333 g/mol. The van der Waals surface area contributed by atoms with Crippen LogP contribution in [0, 0.1) is 11.7 Å². The first-order chi connectivity index (χ1) is 8.96. The van der Waals surface area contributed by atoms with E-state index in [1.54, 1.807) is 6.07 Å². The zero-order valence-electron chi connectivity index (χ0n) is 10.5. The molecule has 6 heteroatoms. The molecule has 0 heterocycles. The second-order valence-electron chi connectivity index (χ2n) is 5.02. The van der Waals surface area contributed by atoms with E-state index >= 15 is 0 Å². The van der Waals surface area contributed by atoms with Gasteiger partial charge in [0.25, 0.3) is 0 Å². The van der Waals surface area contributed by atoms with Crippen LogP contribution in [0.4, 0.5) is 10.1 Å². The Labute approximate surface area is 121 Å². The number of benzene rings is 1. The Morgan fingerprint density at radius 3 is 2.58 bits per heavy atom. The predicted molar refractivity (Wildman–Crippen MR) is 78.1 cm³/mol. The van der Waals surface area contributed by atoms with Crippen LogP contribution < -0.4 is 4.72 Å². The van der Waals surface area contributed by atoms with Gasteiger partial charge in [0.15, 0.2) is 0 Å². The highest BCUT2D eigenvalue weighted by Crippen LogP contribution is 2.26. The van der Waals surface area contributed by atoms with Crippen LogP contribution in [0.2, 0.25) is 0 Å². The van der Waals surface area contributed by atoms with Crippen molar-refractivity contribution in [2.24, 2.45) is 5.92 Å². The van der Waals surface area contributed by atoms with Gasteiger partial charge in [-0.05, 0) is 52.9 Å². The minimum atomic E-state index is -3.40. The summed E-state index contributed by atoms with van der Waals surface area (Å²) < 4.78 is 40.1. The molecule has 1 aromatic rings. The second kappa shape index (κ2) is 6.22. The molecule has 0 unspecified atom stereocenters. The van der Waals surface area contributed by atoms with E-state index in [1.807, 2.05) is 0 Å². The number of anilines is 1. The van der Waals surface area contributed by atoms with Gasteiger partial charge >= 0.3 is 0 Å². The molecule has 0 saturated heterocycles. The van der Waals surface area contributed by atoms with E-state index in [9.17, 15) is 12.8 Å². The molecule has 0 spiro atoms. The number of sulfonamides is 1. The Morgan fingerprint density at radius 2 is 1.95 bits per heavy atom. The molecule has 0 radical (unpaired) electrons. The van der Waals surface area contributed by atoms with E-state index < -0.39 is 15.8 Å². The van der Waals surface area contributed by atoms with Gasteiger partial charge in [0, 0.05) is 0 Å². The van der Waals surface area contributed by atoms with Crippen LogP contribution in [0.5, 0.6) is 0 Å². The Hall–Kier alpha value is -0.620. The van der Waals surface area contributed by atoms with Crippen molar-refractivity contribution in [2.45, 2.75) is 32.1 Å². The van der Waals surface area contributed by atoms with Crippen molar-refractivity contribution in [3.05, 3.63) is 28.5 Å². The standard InChI is InChI=1S/C13H17BrFNO2S/c14-12-7-6-11(8-13(12)15)16-19(17,18)9-10-4-2-1-3-5-10/h6-8,10,16H,1-5,9H2. The van der Waals surface area contributed by atoms with Gasteiger partial charge in [0.05, 0.1) is 15.9 Å². The summed E-state index contributed by atoms with van der Waals surface area (Å²) in [5, 5.41) is 0. The van der Waals surface area contributed by atoms with Crippen LogP contribution >= 0.6 is 15.9 Å². The fourth-order valence-electron chi connectivity index (χ4n) is 2.44. The third-order valence-corrected chi connectivity index (χ3v) is 5.47. The smallest absolute Gasteiger partial charge is 0.232 e. The lowest BCUT2D eigenvalue weighted by molar-refractivity contribution is 0.385. The third-order valence-electron chi connectivity index (χ3n) is 3.37. The molecule has 1 aliphatic rings. The average molecular weight is 350 g/mol. The van der Waals surface area contributed by atoms with Crippen molar-refractivity contribution in [1.29, 1.82) is 0 Å². The molecule has 0 aromatic heterocycles. The van der Waals surface area contributed by atoms with Crippen LogP contribution in [-0.4, -0.2) is 14.2 Å². The molecule has 0 aliphatic heterocycles. The molecule has 1 aromatic carbocycles. The maximum atomic E-state index is 13.3. The van der Waals surface area contributed by atoms with Gasteiger partial charge in [-0.2, -0.15) is 0 Å². The third kappa shape index (κ3) is 4.45. The number of hydrogen-bond donors (Lipinski definition) is 1. The van der Waals surface area contributed by atoms with E-state index in [2.05, 4.69) is 20.7 Å². The fourth-order valence-corrected chi connectivity index (χ4v) is 4.21. The first-order valence-corrected chi connectivity index (χ1v) is 8.86. The maximum Gasteiger partial charge on any atom is 0.232 e. The van der Waals surface area contributed by atoms with Crippen LogP contribution in [0.15, 0.2) is 22.7 Å². The lowest BCUT2D eigenvalue weighted by Gasteiger charge is -2.21. The van der Waals surface area contributed by atoms with Gasteiger partial charge in [-0.25, -0.2) is 12.8 Å². The lowest BCUT2D eigenvalue weighted by Crippen LogP contribution is -2.24. The van der Waals surface area contributed by atoms with E-state index in [1.165, 1.54) is 18.6 Å². The summed E-state index contributed by atoms with van der Waals surface area (Å²) in [5.41, 5.74) is 0.275. The van der Waals surface area contributed by atoms with Crippen LogP contribution in [0.3, 0.4) is 0 Å². The highest BCUT2D eigenvalue weighted by Gasteiger charge is 2.21. The fraction of sp³-hybridized carbons (Fsp3) is 0.538. The van der Waals surface area contributed by atoms with Crippen molar-refractivity contribution in [2.75, 3.05) is 10.5 Å². The number of hydrogen-bond acceptors (Lipinski definition) is 2. The SMILES string of the molecule is O=S(=O)(CC1CCCCC1)Nc1ccc(Br)c(F)c1. The van der Waals surface area contributed by atoms with E-state index in [0.717, 1.165) is 25.7 Å². The summed E-state index contributed by atoms with van der Waals surface area (Å²) in [6.07, 6.45) is 5.34. The summed E-state index contributed by atoms with van der Waals surface area (Å²) >= 11 is 3.04. The Balaban J connectivity index is 2.01. The van der Waals surface area contributed by atoms with Gasteiger partial charge in [-0.15, -0.1) is 0 Å². The number of rotatable bonds is 4. The van der Waals surface area contributed by atoms with Gasteiger partial charge < -0.3 is 0 Å². The first-order valence-electron chi connectivity index (χ1n) is 6.42. The van der Waals surface area contributed by atoms with Gasteiger partial charge in [0.1, 0.15) is 5.82 Å². The van der Waals surface area contributed by atoms with Gasteiger partial charge in [-0.1, -0.05) is 19.3 Å². The normalized spacial score (nSPS) is 17.4. The minimum absolute atomic E-state index is 0.130. The lowest BCUT2D eigenvalue weighted by atomic mass is 9.91. The summed E-state index contributed by atoms with van der Waals surface area (Å²) in [5.74, 6) is -0.116. The van der Waals surface area contributed by atoms with Crippen LogP contribution in [-0.2, 0) is 10.0 Å².